The molecule has 0 spiro atoms. The molecule has 1 amide bonds. The number of β-amino-alcohol motifs (C(OH)–C–C–N with tert-alkyl or cyclic N) is 1. The lowest BCUT2D eigenvalue weighted by atomic mass is 9.89. The van der Waals surface area contributed by atoms with Crippen LogP contribution >= 0.6 is 0 Å². The fourth-order valence-corrected chi connectivity index (χ4v) is 2.94. The van der Waals surface area contributed by atoms with E-state index in [1.54, 1.807) is 13.8 Å². The second-order valence-corrected chi connectivity index (χ2v) is 6.17. The predicted molar refractivity (Wildman–Crippen MR) is 75.6 cm³/mol. The molecule has 112 valence electrons. The Morgan fingerprint density at radius 2 is 2.19 bits per heavy atom. The van der Waals surface area contributed by atoms with E-state index in [9.17, 15) is 9.90 Å². The highest BCUT2D eigenvalue weighted by Gasteiger charge is 2.51. The number of aryl methyl sites for hydroxylation is 1. The summed E-state index contributed by atoms with van der Waals surface area (Å²) in [7, 11) is 0. The molecule has 2 N–H and O–H groups in total. The van der Waals surface area contributed by atoms with Crippen molar-refractivity contribution in [2.45, 2.75) is 32.3 Å². The van der Waals surface area contributed by atoms with Gasteiger partial charge in [0.15, 0.2) is 0 Å². The molecule has 0 atom stereocenters. The zero-order valence-electron chi connectivity index (χ0n) is 12.3. The molecule has 3 rings (SSSR count). The molecule has 0 aromatic carbocycles. The summed E-state index contributed by atoms with van der Waals surface area (Å²) in [6.07, 6.45) is 2.18. The molecule has 1 saturated heterocycles. The molecular formula is C15H19N3O3. The summed E-state index contributed by atoms with van der Waals surface area (Å²) >= 11 is 0. The number of amides is 1. The zero-order chi connectivity index (χ0) is 15.2. The first kappa shape index (κ1) is 14.1. The van der Waals surface area contributed by atoms with Crippen LogP contribution in [0.4, 0.5) is 5.88 Å². The second-order valence-electron chi connectivity index (χ2n) is 6.17. The zero-order valence-corrected chi connectivity index (χ0v) is 12.3. The molecule has 1 saturated carbocycles. The molecule has 2 heterocycles. The number of nitrogens with zero attached hydrogens (tertiary/aromatic N) is 2. The highest BCUT2D eigenvalue weighted by atomic mass is 16.4. The largest absolute Gasteiger partial charge is 0.444 e. The van der Waals surface area contributed by atoms with E-state index in [4.69, 9.17) is 9.68 Å². The molecule has 21 heavy (non-hydrogen) atoms. The SMILES string of the molecule is Cc1oc(NC(=O)CN2CC(O)(C3CC3)C2)c(C#N)c1C. The lowest BCUT2D eigenvalue weighted by Gasteiger charge is -2.46. The quantitative estimate of drug-likeness (QED) is 0.868. The average Bonchev–Trinajstić information content (AvgIpc) is 3.17. The molecule has 1 aliphatic carbocycles. The summed E-state index contributed by atoms with van der Waals surface area (Å²) in [5.74, 6) is 1.04. The van der Waals surface area contributed by atoms with E-state index in [1.807, 2.05) is 11.0 Å². The number of furan rings is 1. The van der Waals surface area contributed by atoms with E-state index < -0.39 is 5.60 Å². The predicted octanol–water partition coefficient (Wildman–Crippen LogP) is 1.16. The first-order chi connectivity index (χ1) is 9.93. The number of carbonyl (C=O) groups is 1. The van der Waals surface area contributed by atoms with Gasteiger partial charge in [-0.25, -0.2) is 0 Å². The van der Waals surface area contributed by atoms with E-state index in [-0.39, 0.29) is 18.3 Å². The van der Waals surface area contributed by atoms with Gasteiger partial charge >= 0.3 is 0 Å². The highest BCUT2D eigenvalue weighted by molar-refractivity contribution is 5.92. The fraction of sp³-hybridized carbons (Fsp3) is 0.600. The lowest BCUT2D eigenvalue weighted by Crippen LogP contribution is -2.64. The van der Waals surface area contributed by atoms with Crippen LogP contribution in [0.3, 0.4) is 0 Å². The van der Waals surface area contributed by atoms with Crippen LogP contribution in [0, 0.1) is 31.1 Å². The Labute approximate surface area is 123 Å². The molecule has 0 bridgehead atoms. The normalized spacial score (nSPS) is 20.7. The molecule has 0 radical (unpaired) electrons. The van der Waals surface area contributed by atoms with Crippen LogP contribution in [-0.4, -0.2) is 41.1 Å². The maximum Gasteiger partial charge on any atom is 0.240 e. The topological polar surface area (TPSA) is 89.5 Å². The first-order valence-corrected chi connectivity index (χ1v) is 7.17. The van der Waals surface area contributed by atoms with Gasteiger partial charge in [-0.05, 0) is 32.6 Å². The molecular weight excluding hydrogens is 270 g/mol. The maximum absolute atomic E-state index is 12.0. The van der Waals surface area contributed by atoms with Crippen molar-refractivity contribution in [3.63, 3.8) is 0 Å². The van der Waals surface area contributed by atoms with Crippen LogP contribution in [0.1, 0.15) is 29.7 Å². The van der Waals surface area contributed by atoms with Crippen molar-refractivity contribution in [2.75, 3.05) is 25.0 Å². The van der Waals surface area contributed by atoms with Gasteiger partial charge in [0.1, 0.15) is 17.4 Å². The van der Waals surface area contributed by atoms with Crippen LogP contribution in [0.2, 0.25) is 0 Å². The first-order valence-electron chi connectivity index (χ1n) is 7.17. The van der Waals surface area contributed by atoms with Crippen molar-refractivity contribution in [1.82, 2.24) is 4.90 Å². The Balaban J connectivity index is 1.56. The summed E-state index contributed by atoms with van der Waals surface area (Å²) in [6, 6.07) is 2.05. The van der Waals surface area contributed by atoms with Gasteiger partial charge in [-0.3, -0.25) is 15.0 Å². The Morgan fingerprint density at radius 1 is 1.52 bits per heavy atom. The monoisotopic (exact) mass is 289 g/mol. The van der Waals surface area contributed by atoms with Crippen molar-refractivity contribution in [3.05, 3.63) is 16.9 Å². The van der Waals surface area contributed by atoms with Gasteiger partial charge in [0.2, 0.25) is 11.8 Å². The summed E-state index contributed by atoms with van der Waals surface area (Å²) in [5, 5.41) is 21.9. The van der Waals surface area contributed by atoms with E-state index in [2.05, 4.69) is 5.32 Å². The Hall–Kier alpha value is -1.84. The summed E-state index contributed by atoms with van der Waals surface area (Å²) < 4.78 is 5.41. The van der Waals surface area contributed by atoms with Gasteiger partial charge in [-0.1, -0.05) is 0 Å². The van der Waals surface area contributed by atoms with Crippen molar-refractivity contribution in [3.8, 4) is 6.07 Å². The Kier molecular flexibility index (Phi) is 3.27. The van der Waals surface area contributed by atoms with Gasteiger partial charge in [0.25, 0.3) is 0 Å². The van der Waals surface area contributed by atoms with E-state index in [1.165, 1.54) is 0 Å². The van der Waals surface area contributed by atoms with E-state index in [0.717, 1.165) is 18.4 Å². The third-order valence-electron chi connectivity index (χ3n) is 4.45. The number of rotatable bonds is 4. The van der Waals surface area contributed by atoms with Gasteiger partial charge < -0.3 is 9.52 Å². The van der Waals surface area contributed by atoms with Crippen LogP contribution in [0.5, 0.6) is 0 Å². The maximum atomic E-state index is 12.0. The molecule has 2 fully saturated rings. The molecule has 2 aliphatic rings. The number of likely N-dealkylation sites (tertiary alicyclic amines) is 1. The number of hydrogen-bond donors (Lipinski definition) is 2. The van der Waals surface area contributed by atoms with E-state index >= 15 is 0 Å². The number of anilines is 1. The average molecular weight is 289 g/mol. The second kappa shape index (κ2) is 4.86. The van der Waals surface area contributed by atoms with Gasteiger partial charge in [0, 0.05) is 18.7 Å². The highest BCUT2D eigenvalue weighted by Crippen LogP contribution is 2.44. The lowest BCUT2D eigenvalue weighted by molar-refractivity contribution is -0.132. The number of aliphatic hydroxyl groups is 1. The molecule has 6 heteroatoms. The van der Waals surface area contributed by atoms with Crippen molar-refractivity contribution in [1.29, 1.82) is 5.26 Å². The van der Waals surface area contributed by atoms with Gasteiger partial charge in [-0.15, -0.1) is 0 Å². The van der Waals surface area contributed by atoms with E-state index in [0.29, 0.717) is 30.3 Å². The number of nitrogens with one attached hydrogen (secondary N) is 1. The minimum absolute atomic E-state index is 0.207. The minimum atomic E-state index is -0.587. The van der Waals surface area contributed by atoms with Crippen molar-refractivity contribution < 1.29 is 14.3 Å². The number of nitriles is 1. The standard InChI is InChI=1S/C15H19N3O3/c1-9-10(2)21-14(12(9)5-16)17-13(19)6-18-7-15(20,8-18)11-3-4-11/h11,20H,3-4,6-8H2,1-2H3,(H,17,19). The molecule has 0 unspecified atom stereocenters. The number of carbonyl (C=O) groups excluding carboxylic acids is 1. The third kappa shape index (κ3) is 2.55. The smallest absolute Gasteiger partial charge is 0.240 e. The van der Waals surface area contributed by atoms with Crippen LogP contribution < -0.4 is 5.32 Å². The molecule has 1 aliphatic heterocycles. The Morgan fingerprint density at radius 3 is 2.76 bits per heavy atom. The third-order valence-corrected chi connectivity index (χ3v) is 4.45. The van der Waals surface area contributed by atoms with Crippen molar-refractivity contribution in [2.24, 2.45) is 5.92 Å². The molecule has 1 aromatic rings. The van der Waals surface area contributed by atoms with Crippen molar-refractivity contribution >= 4 is 11.8 Å². The molecule has 6 nitrogen and oxygen atoms in total. The van der Waals surface area contributed by atoms with Gasteiger partial charge in [-0.2, -0.15) is 5.26 Å². The Bertz CT molecular complexity index is 619. The summed E-state index contributed by atoms with van der Waals surface area (Å²) in [6.45, 7) is 4.85. The summed E-state index contributed by atoms with van der Waals surface area (Å²) in [4.78, 5) is 13.9. The summed E-state index contributed by atoms with van der Waals surface area (Å²) in [5.41, 5.74) is 0.537. The fourth-order valence-electron chi connectivity index (χ4n) is 2.94. The van der Waals surface area contributed by atoms with Crippen LogP contribution in [0.15, 0.2) is 4.42 Å². The minimum Gasteiger partial charge on any atom is -0.444 e. The van der Waals surface area contributed by atoms with Gasteiger partial charge in [0.05, 0.1) is 12.1 Å². The molecule has 1 aromatic heterocycles. The van der Waals surface area contributed by atoms with Crippen LogP contribution in [-0.2, 0) is 4.79 Å². The van der Waals surface area contributed by atoms with Crippen LogP contribution in [0.25, 0.3) is 0 Å². The number of hydrogen-bond acceptors (Lipinski definition) is 5.